The molecule has 0 saturated carbocycles. The number of benzene rings is 1. The number of aromatic hydroxyl groups is 1. The summed E-state index contributed by atoms with van der Waals surface area (Å²) in [6.07, 6.45) is 8.70. The Hall–Kier alpha value is -2.36. The summed E-state index contributed by atoms with van der Waals surface area (Å²) in [4.78, 5) is 12.0. The van der Waals surface area contributed by atoms with Crippen LogP contribution in [0.5, 0.6) is 5.75 Å². The Kier molecular flexibility index (Phi) is 5.60. The quantitative estimate of drug-likeness (QED) is 0.488. The third kappa shape index (κ3) is 4.34. The fourth-order valence-corrected chi connectivity index (χ4v) is 3.12. The summed E-state index contributed by atoms with van der Waals surface area (Å²) in [5.74, 6) is -0.0942. The summed E-state index contributed by atoms with van der Waals surface area (Å²) >= 11 is 0. The Morgan fingerprint density at radius 2 is 2.08 bits per heavy atom. The zero-order valence-electron chi connectivity index (χ0n) is 14.8. The molecule has 4 nitrogen and oxygen atoms in total. The molecule has 0 saturated heterocycles. The van der Waals surface area contributed by atoms with Gasteiger partial charge in [-0.1, -0.05) is 43.7 Å². The van der Waals surface area contributed by atoms with Crippen molar-refractivity contribution in [2.45, 2.75) is 40.5 Å². The van der Waals surface area contributed by atoms with Crippen molar-refractivity contribution in [3.05, 3.63) is 53.6 Å². The molecule has 1 atom stereocenters. The molecule has 1 aliphatic carbocycles. The van der Waals surface area contributed by atoms with Crippen molar-refractivity contribution in [3.63, 3.8) is 0 Å². The number of carbonyl (C=O) groups excluding carboxylic acids is 1. The van der Waals surface area contributed by atoms with Crippen molar-refractivity contribution in [2.24, 2.45) is 16.4 Å². The summed E-state index contributed by atoms with van der Waals surface area (Å²) in [5.41, 5.74) is 5.02. The summed E-state index contributed by atoms with van der Waals surface area (Å²) < 4.78 is 0. The first-order valence-electron chi connectivity index (χ1n) is 8.29. The maximum atomic E-state index is 12.0. The lowest BCUT2D eigenvalue weighted by molar-refractivity contribution is 0.0952. The second-order valence-electron chi connectivity index (χ2n) is 7.02. The molecule has 4 heteroatoms. The number of phenolic OH excluding ortho intramolecular Hbond substituents is 1. The minimum absolute atomic E-state index is 0.0527. The maximum Gasteiger partial charge on any atom is 0.275 e. The number of allylic oxidation sites excluding steroid dienone is 4. The van der Waals surface area contributed by atoms with Crippen molar-refractivity contribution < 1.29 is 9.90 Å². The zero-order chi connectivity index (χ0) is 17.7. The van der Waals surface area contributed by atoms with Gasteiger partial charge >= 0.3 is 0 Å². The number of carbonyl (C=O) groups is 1. The number of para-hydroxylation sites is 1. The molecule has 0 aliphatic heterocycles. The standard InChI is InChI=1S/C20H26N2O2/c1-14-8-7-13-20(3,4)17(14)12-11-15(2)21-22-19(24)16-9-5-6-10-18(16)23/h5-6,8-12,17,23H,7,13H2,1-4H3,(H,22,24)/b12-11+,21-15-. The van der Waals surface area contributed by atoms with Crippen LogP contribution < -0.4 is 5.43 Å². The number of nitrogens with one attached hydrogen (secondary N) is 1. The number of hydrazone groups is 1. The zero-order valence-corrected chi connectivity index (χ0v) is 14.8. The first-order valence-corrected chi connectivity index (χ1v) is 8.29. The number of amides is 1. The fourth-order valence-electron chi connectivity index (χ4n) is 3.12. The third-order valence-electron chi connectivity index (χ3n) is 4.60. The van der Waals surface area contributed by atoms with Gasteiger partial charge in [-0.15, -0.1) is 0 Å². The van der Waals surface area contributed by atoms with Gasteiger partial charge < -0.3 is 5.11 Å². The van der Waals surface area contributed by atoms with Gasteiger partial charge in [-0.3, -0.25) is 4.79 Å². The molecule has 1 aromatic carbocycles. The Labute approximate surface area is 144 Å². The number of rotatable bonds is 4. The summed E-state index contributed by atoms with van der Waals surface area (Å²) in [6, 6.07) is 6.41. The minimum Gasteiger partial charge on any atom is -0.507 e. The van der Waals surface area contributed by atoms with E-state index in [1.165, 1.54) is 18.1 Å². The van der Waals surface area contributed by atoms with Crippen LogP contribution in [-0.4, -0.2) is 16.7 Å². The highest BCUT2D eigenvalue weighted by Crippen LogP contribution is 2.41. The third-order valence-corrected chi connectivity index (χ3v) is 4.60. The fraction of sp³-hybridized carbons (Fsp3) is 0.400. The Bertz CT molecular complexity index is 699. The molecule has 2 rings (SSSR count). The molecule has 1 amide bonds. The summed E-state index contributed by atoms with van der Waals surface area (Å²) in [6.45, 7) is 8.58. The monoisotopic (exact) mass is 326 g/mol. The largest absolute Gasteiger partial charge is 0.507 e. The van der Waals surface area contributed by atoms with Gasteiger partial charge in [0.15, 0.2) is 0 Å². The van der Waals surface area contributed by atoms with Gasteiger partial charge in [-0.05, 0) is 50.3 Å². The first kappa shape index (κ1) is 18.0. The normalized spacial score (nSPS) is 20.8. The molecule has 128 valence electrons. The van der Waals surface area contributed by atoms with Crippen LogP contribution in [0.15, 0.2) is 53.2 Å². The lowest BCUT2D eigenvalue weighted by Gasteiger charge is -2.36. The highest BCUT2D eigenvalue weighted by atomic mass is 16.3. The molecule has 0 bridgehead atoms. The molecule has 2 N–H and O–H groups in total. The van der Waals surface area contributed by atoms with Crippen LogP contribution >= 0.6 is 0 Å². The second kappa shape index (κ2) is 7.47. The van der Waals surface area contributed by atoms with E-state index in [1.807, 2.05) is 13.0 Å². The molecular formula is C20H26N2O2. The molecule has 0 aromatic heterocycles. The van der Waals surface area contributed by atoms with E-state index in [0.717, 1.165) is 6.42 Å². The molecule has 24 heavy (non-hydrogen) atoms. The summed E-state index contributed by atoms with van der Waals surface area (Å²) in [7, 11) is 0. The SMILES string of the molecule is CC1=CCCC(C)(C)C1/C=C/C(C)=N\NC(=O)c1ccccc1O. The van der Waals surface area contributed by atoms with Crippen molar-refractivity contribution >= 4 is 11.6 Å². The van der Waals surface area contributed by atoms with E-state index in [4.69, 9.17) is 0 Å². The van der Waals surface area contributed by atoms with E-state index in [0.29, 0.717) is 11.6 Å². The highest BCUT2D eigenvalue weighted by molar-refractivity contribution is 5.99. The van der Waals surface area contributed by atoms with E-state index in [1.54, 1.807) is 18.2 Å². The van der Waals surface area contributed by atoms with Crippen LogP contribution in [0.3, 0.4) is 0 Å². The van der Waals surface area contributed by atoms with Crippen molar-refractivity contribution in [1.29, 1.82) is 0 Å². The van der Waals surface area contributed by atoms with Gasteiger partial charge in [0.05, 0.1) is 11.3 Å². The lowest BCUT2D eigenvalue weighted by Crippen LogP contribution is -2.26. The van der Waals surface area contributed by atoms with Crippen LogP contribution in [0, 0.1) is 11.3 Å². The topological polar surface area (TPSA) is 61.7 Å². The van der Waals surface area contributed by atoms with Crippen LogP contribution in [0.2, 0.25) is 0 Å². The lowest BCUT2D eigenvalue weighted by atomic mass is 9.68. The number of hydrogen-bond acceptors (Lipinski definition) is 3. The van der Waals surface area contributed by atoms with Crippen LogP contribution in [0.4, 0.5) is 0 Å². The molecule has 0 heterocycles. The number of nitrogens with zero attached hydrogens (tertiary/aromatic N) is 1. The average Bonchev–Trinajstić information content (AvgIpc) is 2.52. The number of hydrogen-bond donors (Lipinski definition) is 2. The molecule has 0 radical (unpaired) electrons. The molecule has 0 spiro atoms. The van der Waals surface area contributed by atoms with Crippen molar-refractivity contribution in [3.8, 4) is 5.75 Å². The smallest absolute Gasteiger partial charge is 0.275 e. The Morgan fingerprint density at radius 1 is 1.38 bits per heavy atom. The first-order chi connectivity index (χ1) is 11.3. The van der Waals surface area contributed by atoms with Crippen LogP contribution in [-0.2, 0) is 0 Å². The number of phenols is 1. The highest BCUT2D eigenvalue weighted by Gasteiger charge is 2.30. The van der Waals surface area contributed by atoms with Crippen LogP contribution in [0.25, 0.3) is 0 Å². The van der Waals surface area contributed by atoms with Gasteiger partial charge in [0, 0.05) is 5.92 Å². The molecule has 1 aromatic rings. The van der Waals surface area contributed by atoms with E-state index >= 15 is 0 Å². The predicted octanol–water partition coefficient (Wildman–Crippen LogP) is 4.44. The average molecular weight is 326 g/mol. The Morgan fingerprint density at radius 3 is 2.75 bits per heavy atom. The van der Waals surface area contributed by atoms with Crippen molar-refractivity contribution in [2.75, 3.05) is 0 Å². The molecule has 0 fully saturated rings. The van der Waals surface area contributed by atoms with E-state index in [-0.39, 0.29) is 16.7 Å². The van der Waals surface area contributed by atoms with E-state index in [9.17, 15) is 9.90 Å². The van der Waals surface area contributed by atoms with Gasteiger partial charge in [0.1, 0.15) is 5.75 Å². The van der Waals surface area contributed by atoms with E-state index in [2.05, 4.69) is 43.5 Å². The predicted molar refractivity (Wildman–Crippen MR) is 98.1 cm³/mol. The van der Waals surface area contributed by atoms with Crippen LogP contribution in [0.1, 0.15) is 50.9 Å². The van der Waals surface area contributed by atoms with Gasteiger partial charge in [-0.2, -0.15) is 5.10 Å². The van der Waals surface area contributed by atoms with Gasteiger partial charge in [-0.25, -0.2) is 5.43 Å². The minimum atomic E-state index is -0.421. The molecule has 1 aliphatic rings. The van der Waals surface area contributed by atoms with Gasteiger partial charge in [0.25, 0.3) is 5.91 Å². The maximum absolute atomic E-state index is 12.0. The van der Waals surface area contributed by atoms with Gasteiger partial charge in [0.2, 0.25) is 0 Å². The van der Waals surface area contributed by atoms with Crippen molar-refractivity contribution in [1.82, 2.24) is 5.43 Å². The molecule has 1 unspecified atom stereocenters. The second-order valence-corrected chi connectivity index (χ2v) is 7.02. The Balaban J connectivity index is 2.04. The summed E-state index contributed by atoms with van der Waals surface area (Å²) in [5, 5.41) is 13.8. The molecular weight excluding hydrogens is 300 g/mol. The van der Waals surface area contributed by atoms with E-state index < -0.39 is 5.91 Å².